The lowest BCUT2D eigenvalue weighted by Crippen LogP contribution is -2.25. The molecule has 0 saturated heterocycles. The van der Waals surface area contributed by atoms with E-state index in [-0.39, 0.29) is 12.5 Å². The Morgan fingerprint density at radius 2 is 2.08 bits per heavy atom. The van der Waals surface area contributed by atoms with E-state index < -0.39 is 0 Å². The number of para-hydroxylation sites is 1. The molecule has 6 heteroatoms. The van der Waals surface area contributed by atoms with Crippen molar-refractivity contribution in [2.24, 2.45) is 5.10 Å². The minimum Gasteiger partial charge on any atom is -0.497 e. The predicted molar refractivity (Wildman–Crippen MR) is 103 cm³/mol. The molecule has 1 aromatic heterocycles. The van der Waals surface area contributed by atoms with Gasteiger partial charge in [-0.2, -0.15) is 5.10 Å². The number of carbonyl (C=O) groups excluding carboxylic acids is 1. The summed E-state index contributed by atoms with van der Waals surface area (Å²) in [4.78, 5) is 12.0. The summed E-state index contributed by atoms with van der Waals surface area (Å²) in [7, 11) is 1.60. The van der Waals surface area contributed by atoms with E-state index in [1.807, 2.05) is 55.5 Å². The van der Waals surface area contributed by atoms with Gasteiger partial charge in [0.1, 0.15) is 17.1 Å². The van der Waals surface area contributed by atoms with Crippen LogP contribution in [0, 0.1) is 0 Å². The van der Waals surface area contributed by atoms with E-state index in [1.165, 1.54) is 0 Å². The molecular formula is C20H21N3O3. The van der Waals surface area contributed by atoms with Crippen molar-refractivity contribution in [2.45, 2.75) is 13.3 Å². The molecule has 0 saturated carbocycles. The molecule has 26 heavy (non-hydrogen) atoms. The van der Waals surface area contributed by atoms with Crippen LogP contribution >= 0.6 is 0 Å². The van der Waals surface area contributed by atoms with Crippen LogP contribution in [0.2, 0.25) is 0 Å². The van der Waals surface area contributed by atoms with Gasteiger partial charge in [0.05, 0.1) is 19.9 Å². The second-order valence-corrected chi connectivity index (χ2v) is 5.67. The quantitative estimate of drug-likeness (QED) is 0.504. The first-order valence-electron chi connectivity index (χ1n) is 8.41. The molecular weight excluding hydrogens is 330 g/mol. The summed E-state index contributed by atoms with van der Waals surface area (Å²) in [5, 5.41) is 8.08. The Morgan fingerprint density at radius 3 is 2.88 bits per heavy atom. The van der Waals surface area contributed by atoms with Crippen molar-refractivity contribution in [3.05, 3.63) is 59.9 Å². The highest BCUT2D eigenvalue weighted by Gasteiger charge is 2.10. The minimum absolute atomic E-state index is 0.108. The number of nitrogens with one attached hydrogen (secondary N) is 2. The number of hydrogen-bond donors (Lipinski definition) is 2. The zero-order valence-electron chi connectivity index (χ0n) is 14.8. The molecule has 1 amide bonds. The van der Waals surface area contributed by atoms with Crippen LogP contribution in [0.5, 0.6) is 5.75 Å². The lowest BCUT2D eigenvalue weighted by Gasteiger charge is -2.06. The first-order valence-corrected chi connectivity index (χ1v) is 8.41. The molecule has 0 radical (unpaired) electrons. The van der Waals surface area contributed by atoms with Crippen LogP contribution in [0.3, 0.4) is 0 Å². The second kappa shape index (κ2) is 8.20. The summed E-state index contributed by atoms with van der Waals surface area (Å²) in [6, 6.07) is 15.2. The van der Waals surface area contributed by atoms with E-state index in [1.54, 1.807) is 13.3 Å². The second-order valence-electron chi connectivity index (χ2n) is 5.67. The van der Waals surface area contributed by atoms with Gasteiger partial charge >= 0.3 is 0 Å². The van der Waals surface area contributed by atoms with Gasteiger partial charge in [-0.1, -0.05) is 31.2 Å². The Kier molecular flexibility index (Phi) is 5.53. The number of nitrogens with zero attached hydrogens (tertiary/aromatic N) is 1. The van der Waals surface area contributed by atoms with Crippen molar-refractivity contribution in [3.8, 4) is 5.75 Å². The van der Waals surface area contributed by atoms with Crippen LogP contribution in [0.25, 0.3) is 11.0 Å². The Labute approximate surface area is 151 Å². The van der Waals surface area contributed by atoms with Gasteiger partial charge in [-0.15, -0.1) is 0 Å². The minimum atomic E-state index is -0.241. The van der Waals surface area contributed by atoms with Crippen molar-refractivity contribution in [3.63, 3.8) is 0 Å². The van der Waals surface area contributed by atoms with Gasteiger partial charge < -0.3 is 14.5 Å². The molecule has 0 fully saturated rings. The monoisotopic (exact) mass is 351 g/mol. The molecule has 0 aliphatic heterocycles. The number of methoxy groups -OCH3 is 1. The molecule has 2 N–H and O–H groups in total. The van der Waals surface area contributed by atoms with Crippen LogP contribution < -0.4 is 15.5 Å². The third-order valence-corrected chi connectivity index (χ3v) is 3.94. The van der Waals surface area contributed by atoms with Gasteiger partial charge in [0.15, 0.2) is 0 Å². The smallest absolute Gasteiger partial charge is 0.259 e. The van der Waals surface area contributed by atoms with Crippen molar-refractivity contribution in [1.82, 2.24) is 5.43 Å². The lowest BCUT2D eigenvalue weighted by atomic mass is 10.1. The van der Waals surface area contributed by atoms with Gasteiger partial charge in [-0.25, -0.2) is 5.43 Å². The van der Waals surface area contributed by atoms with Crippen molar-refractivity contribution in [2.75, 3.05) is 19.0 Å². The first kappa shape index (κ1) is 17.5. The molecule has 6 nitrogen and oxygen atoms in total. The fourth-order valence-electron chi connectivity index (χ4n) is 2.64. The molecule has 0 aliphatic rings. The molecule has 3 rings (SSSR count). The molecule has 0 spiro atoms. The Morgan fingerprint density at radius 1 is 1.23 bits per heavy atom. The molecule has 2 aromatic carbocycles. The molecule has 0 bridgehead atoms. The van der Waals surface area contributed by atoms with E-state index in [2.05, 4.69) is 15.8 Å². The third kappa shape index (κ3) is 4.03. The summed E-state index contributed by atoms with van der Waals surface area (Å²) >= 11 is 0. The van der Waals surface area contributed by atoms with Gasteiger partial charge in [0.2, 0.25) is 0 Å². The number of amides is 1. The maximum absolute atomic E-state index is 12.0. The van der Waals surface area contributed by atoms with E-state index in [0.29, 0.717) is 0 Å². The van der Waals surface area contributed by atoms with Crippen LogP contribution in [0.1, 0.15) is 18.2 Å². The van der Waals surface area contributed by atoms with Crippen molar-refractivity contribution < 1.29 is 13.9 Å². The summed E-state index contributed by atoms with van der Waals surface area (Å²) in [5.74, 6) is 1.33. The van der Waals surface area contributed by atoms with Crippen LogP contribution in [0.4, 0.5) is 5.69 Å². The normalized spacial score (nSPS) is 11.0. The Hall–Kier alpha value is -3.28. The number of aryl methyl sites for hydroxylation is 1. The summed E-state index contributed by atoms with van der Waals surface area (Å²) in [5.41, 5.74) is 5.04. The summed E-state index contributed by atoms with van der Waals surface area (Å²) in [6.07, 6.45) is 2.38. The highest BCUT2D eigenvalue weighted by Crippen LogP contribution is 2.24. The number of carbonyl (C=O) groups is 1. The van der Waals surface area contributed by atoms with E-state index in [0.717, 1.165) is 40.2 Å². The van der Waals surface area contributed by atoms with Crippen molar-refractivity contribution in [1.29, 1.82) is 0 Å². The highest BCUT2D eigenvalue weighted by atomic mass is 16.5. The molecule has 3 aromatic rings. The Balaban J connectivity index is 1.61. The summed E-state index contributed by atoms with van der Waals surface area (Å²) < 4.78 is 11.0. The lowest BCUT2D eigenvalue weighted by molar-refractivity contribution is -0.119. The number of benzene rings is 2. The topological polar surface area (TPSA) is 75.9 Å². The Bertz CT molecular complexity index is 931. The maximum Gasteiger partial charge on any atom is 0.259 e. The molecule has 0 unspecified atom stereocenters. The van der Waals surface area contributed by atoms with Gasteiger partial charge in [0.25, 0.3) is 5.91 Å². The first-order chi connectivity index (χ1) is 12.7. The fraction of sp³-hybridized carbons (Fsp3) is 0.200. The average molecular weight is 351 g/mol. The zero-order valence-corrected chi connectivity index (χ0v) is 14.8. The number of furan rings is 1. The van der Waals surface area contributed by atoms with Crippen LogP contribution in [0.15, 0.2) is 58.0 Å². The third-order valence-electron chi connectivity index (χ3n) is 3.94. The predicted octanol–water partition coefficient (Wildman–Crippen LogP) is 3.57. The average Bonchev–Trinajstić information content (AvgIpc) is 3.04. The number of rotatable bonds is 7. The standard InChI is InChI=1S/C20H21N3O3/c1-3-18-17(16-9-4-5-10-19(16)26-18)12-22-23-20(24)13-21-14-7-6-8-15(11-14)25-2/h4-12,21H,3,13H2,1-2H3,(H,23,24)/b22-12-. The highest BCUT2D eigenvalue weighted by molar-refractivity contribution is 5.99. The summed E-state index contributed by atoms with van der Waals surface area (Å²) in [6.45, 7) is 2.13. The largest absolute Gasteiger partial charge is 0.497 e. The van der Waals surface area contributed by atoms with E-state index in [9.17, 15) is 4.79 Å². The number of hydrogen-bond acceptors (Lipinski definition) is 5. The number of ether oxygens (including phenoxy) is 1. The molecule has 134 valence electrons. The number of anilines is 1. The van der Waals surface area contributed by atoms with Gasteiger partial charge in [-0.05, 0) is 18.2 Å². The van der Waals surface area contributed by atoms with Crippen LogP contribution in [-0.2, 0) is 11.2 Å². The van der Waals surface area contributed by atoms with Crippen molar-refractivity contribution >= 4 is 28.8 Å². The molecule has 1 heterocycles. The van der Waals surface area contributed by atoms with Gasteiger partial charge in [-0.3, -0.25) is 4.79 Å². The number of fused-ring (bicyclic) bond motifs is 1. The SMILES string of the molecule is CCc1oc2ccccc2c1/C=N\NC(=O)CNc1cccc(OC)c1. The fourth-order valence-corrected chi connectivity index (χ4v) is 2.64. The maximum atomic E-state index is 12.0. The molecule has 0 atom stereocenters. The van der Waals surface area contributed by atoms with E-state index in [4.69, 9.17) is 9.15 Å². The van der Waals surface area contributed by atoms with Gasteiger partial charge in [0, 0.05) is 29.1 Å². The zero-order chi connectivity index (χ0) is 18.4. The molecule has 0 aliphatic carbocycles. The van der Waals surface area contributed by atoms with E-state index >= 15 is 0 Å². The van der Waals surface area contributed by atoms with Crippen LogP contribution in [-0.4, -0.2) is 25.8 Å². The number of hydrazone groups is 1.